The lowest BCUT2D eigenvalue weighted by Crippen LogP contribution is -2.12. The summed E-state index contributed by atoms with van der Waals surface area (Å²) < 4.78 is 0.905. The predicted octanol–water partition coefficient (Wildman–Crippen LogP) is 3.30. The van der Waals surface area contributed by atoms with Crippen LogP contribution in [-0.2, 0) is 0 Å². The molecule has 4 N–H and O–H groups in total. The Kier molecular flexibility index (Phi) is 3.76. The van der Waals surface area contributed by atoms with Gasteiger partial charge in [-0.25, -0.2) is 0 Å². The molecule has 0 saturated carbocycles. The van der Waals surface area contributed by atoms with Gasteiger partial charge in [-0.05, 0) is 42.8 Å². The van der Waals surface area contributed by atoms with E-state index in [9.17, 15) is 9.90 Å². The first-order valence-electron chi connectivity index (χ1n) is 5.63. The SMILES string of the molecule is Cc1ccc(NC(=O)c2cc(N)ccc2O)cc1Br. The van der Waals surface area contributed by atoms with Gasteiger partial charge in [0.2, 0.25) is 0 Å². The highest BCUT2D eigenvalue weighted by Gasteiger charge is 2.12. The number of amides is 1. The van der Waals surface area contributed by atoms with E-state index in [0.29, 0.717) is 11.4 Å². The van der Waals surface area contributed by atoms with E-state index in [-0.39, 0.29) is 11.3 Å². The first kappa shape index (κ1) is 13.4. The topological polar surface area (TPSA) is 75.4 Å². The molecule has 2 aromatic rings. The standard InChI is InChI=1S/C14H13BrN2O2/c1-8-2-4-10(7-12(8)15)17-14(19)11-6-9(16)3-5-13(11)18/h2-7,18H,16H2,1H3,(H,17,19). The number of carbonyl (C=O) groups excluding carboxylic acids is 1. The molecule has 0 unspecified atom stereocenters. The largest absolute Gasteiger partial charge is 0.507 e. The molecule has 0 fully saturated rings. The van der Waals surface area contributed by atoms with E-state index in [2.05, 4.69) is 21.2 Å². The summed E-state index contributed by atoms with van der Waals surface area (Å²) in [6.07, 6.45) is 0. The highest BCUT2D eigenvalue weighted by Crippen LogP contribution is 2.24. The molecule has 0 aliphatic rings. The molecule has 0 heterocycles. The summed E-state index contributed by atoms with van der Waals surface area (Å²) in [5, 5.41) is 12.4. The first-order valence-corrected chi connectivity index (χ1v) is 6.42. The van der Waals surface area contributed by atoms with Crippen LogP contribution in [0.25, 0.3) is 0 Å². The lowest BCUT2D eigenvalue weighted by Gasteiger charge is -2.08. The molecule has 0 saturated heterocycles. The number of nitrogens with two attached hydrogens (primary N) is 1. The van der Waals surface area contributed by atoms with Gasteiger partial charge in [-0.15, -0.1) is 0 Å². The van der Waals surface area contributed by atoms with Crippen LogP contribution in [0.2, 0.25) is 0 Å². The Morgan fingerprint density at radius 1 is 1.26 bits per heavy atom. The van der Waals surface area contributed by atoms with Gasteiger partial charge in [0.25, 0.3) is 5.91 Å². The zero-order chi connectivity index (χ0) is 14.0. The highest BCUT2D eigenvalue weighted by molar-refractivity contribution is 9.10. The maximum atomic E-state index is 12.0. The number of carbonyl (C=O) groups is 1. The van der Waals surface area contributed by atoms with Crippen molar-refractivity contribution in [2.24, 2.45) is 0 Å². The van der Waals surface area contributed by atoms with Crippen molar-refractivity contribution in [3.8, 4) is 5.75 Å². The van der Waals surface area contributed by atoms with E-state index in [1.165, 1.54) is 18.2 Å². The van der Waals surface area contributed by atoms with Crippen LogP contribution in [-0.4, -0.2) is 11.0 Å². The van der Waals surface area contributed by atoms with Crippen LogP contribution in [0.1, 0.15) is 15.9 Å². The van der Waals surface area contributed by atoms with Crippen LogP contribution in [0.4, 0.5) is 11.4 Å². The molecule has 0 aliphatic carbocycles. The first-order chi connectivity index (χ1) is 8.97. The summed E-state index contributed by atoms with van der Waals surface area (Å²) in [7, 11) is 0. The van der Waals surface area contributed by atoms with Gasteiger partial charge in [0.05, 0.1) is 5.56 Å². The van der Waals surface area contributed by atoms with Crippen molar-refractivity contribution in [2.45, 2.75) is 6.92 Å². The number of hydrogen-bond donors (Lipinski definition) is 3. The molecule has 0 aliphatic heterocycles. The minimum atomic E-state index is -0.402. The van der Waals surface area contributed by atoms with Crippen LogP contribution in [0.5, 0.6) is 5.75 Å². The van der Waals surface area contributed by atoms with Crippen molar-refractivity contribution >= 4 is 33.2 Å². The van der Waals surface area contributed by atoms with Crippen LogP contribution < -0.4 is 11.1 Å². The van der Waals surface area contributed by atoms with Gasteiger partial charge in [-0.3, -0.25) is 4.79 Å². The van der Waals surface area contributed by atoms with E-state index in [1.807, 2.05) is 13.0 Å². The van der Waals surface area contributed by atoms with Gasteiger partial charge in [-0.2, -0.15) is 0 Å². The molecule has 2 rings (SSSR count). The second kappa shape index (κ2) is 5.32. The van der Waals surface area contributed by atoms with Crippen molar-refractivity contribution in [1.82, 2.24) is 0 Å². The number of aryl methyl sites for hydroxylation is 1. The molecular weight excluding hydrogens is 308 g/mol. The number of rotatable bonds is 2. The second-order valence-corrected chi connectivity index (χ2v) is 5.05. The number of aromatic hydroxyl groups is 1. The van der Waals surface area contributed by atoms with E-state index >= 15 is 0 Å². The molecule has 4 nitrogen and oxygen atoms in total. The average Bonchev–Trinajstić information content (AvgIpc) is 2.36. The number of phenols is 1. The number of nitrogens with one attached hydrogen (secondary N) is 1. The quantitative estimate of drug-likeness (QED) is 0.587. The van der Waals surface area contributed by atoms with E-state index in [4.69, 9.17) is 5.73 Å². The average molecular weight is 321 g/mol. The zero-order valence-electron chi connectivity index (χ0n) is 10.3. The number of nitrogen functional groups attached to an aromatic ring is 1. The molecule has 0 atom stereocenters. The molecule has 2 aromatic carbocycles. The smallest absolute Gasteiger partial charge is 0.259 e. The number of anilines is 2. The van der Waals surface area contributed by atoms with E-state index in [0.717, 1.165) is 10.0 Å². The second-order valence-electron chi connectivity index (χ2n) is 4.19. The Hall–Kier alpha value is -2.01. The van der Waals surface area contributed by atoms with E-state index < -0.39 is 5.91 Å². The van der Waals surface area contributed by atoms with Crippen molar-refractivity contribution in [1.29, 1.82) is 0 Å². The van der Waals surface area contributed by atoms with Gasteiger partial charge in [0, 0.05) is 15.8 Å². The molecule has 19 heavy (non-hydrogen) atoms. The fraction of sp³-hybridized carbons (Fsp3) is 0.0714. The molecule has 0 aromatic heterocycles. The van der Waals surface area contributed by atoms with Crippen molar-refractivity contribution in [3.05, 3.63) is 52.0 Å². The molecule has 1 amide bonds. The molecular formula is C14H13BrN2O2. The normalized spacial score (nSPS) is 10.2. The van der Waals surface area contributed by atoms with Crippen molar-refractivity contribution in [3.63, 3.8) is 0 Å². The Bertz CT molecular complexity index is 641. The highest BCUT2D eigenvalue weighted by atomic mass is 79.9. The molecule has 0 radical (unpaired) electrons. The number of phenolic OH excluding ortho intramolecular Hbond substituents is 1. The third kappa shape index (κ3) is 3.06. The third-order valence-corrected chi connectivity index (χ3v) is 3.55. The molecule has 98 valence electrons. The van der Waals surface area contributed by atoms with Crippen LogP contribution >= 0.6 is 15.9 Å². The molecule has 5 heteroatoms. The Morgan fingerprint density at radius 2 is 2.00 bits per heavy atom. The number of hydrogen-bond acceptors (Lipinski definition) is 3. The van der Waals surface area contributed by atoms with Crippen LogP contribution in [0, 0.1) is 6.92 Å². The lowest BCUT2D eigenvalue weighted by atomic mass is 10.1. The minimum absolute atomic E-state index is 0.0992. The summed E-state index contributed by atoms with van der Waals surface area (Å²) in [6.45, 7) is 1.96. The van der Waals surface area contributed by atoms with Crippen LogP contribution in [0.3, 0.4) is 0 Å². The number of halogens is 1. The molecule has 0 spiro atoms. The molecule has 0 bridgehead atoms. The monoisotopic (exact) mass is 320 g/mol. The van der Waals surface area contributed by atoms with Crippen LogP contribution in [0.15, 0.2) is 40.9 Å². The fourth-order valence-electron chi connectivity index (χ4n) is 1.60. The lowest BCUT2D eigenvalue weighted by molar-refractivity contribution is 0.102. The van der Waals surface area contributed by atoms with E-state index in [1.54, 1.807) is 12.1 Å². The summed E-state index contributed by atoms with van der Waals surface area (Å²) in [6, 6.07) is 9.86. The van der Waals surface area contributed by atoms with Crippen molar-refractivity contribution in [2.75, 3.05) is 11.1 Å². The van der Waals surface area contributed by atoms with Gasteiger partial charge in [-0.1, -0.05) is 22.0 Å². The maximum absolute atomic E-state index is 12.0. The minimum Gasteiger partial charge on any atom is -0.507 e. The Morgan fingerprint density at radius 3 is 2.68 bits per heavy atom. The Balaban J connectivity index is 2.25. The summed E-state index contributed by atoms with van der Waals surface area (Å²) >= 11 is 3.40. The maximum Gasteiger partial charge on any atom is 0.259 e. The third-order valence-electron chi connectivity index (χ3n) is 2.69. The summed E-state index contributed by atoms with van der Waals surface area (Å²) in [4.78, 5) is 12.0. The summed E-state index contributed by atoms with van der Waals surface area (Å²) in [5.41, 5.74) is 7.89. The van der Waals surface area contributed by atoms with Gasteiger partial charge < -0.3 is 16.2 Å². The van der Waals surface area contributed by atoms with Gasteiger partial charge in [0.1, 0.15) is 5.75 Å². The Labute approximate surface area is 119 Å². The zero-order valence-corrected chi connectivity index (χ0v) is 11.9. The predicted molar refractivity (Wildman–Crippen MR) is 79.4 cm³/mol. The van der Waals surface area contributed by atoms with Crippen molar-refractivity contribution < 1.29 is 9.90 Å². The van der Waals surface area contributed by atoms with Gasteiger partial charge in [0.15, 0.2) is 0 Å². The summed E-state index contributed by atoms with van der Waals surface area (Å²) in [5.74, 6) is -0.501. The van der Waals surface area contributed by atoms with Gasteiger partial charge >= 0.3 is 0 Å². The number of benzene rings is 2. The fourth-order valence-corrected chi connectivity index (χ4v) is 1.98.